The maximum absolute atomic E-state index is 12.1. The summed E-state index contributed by atoms with van der Waals surface area (Å²) in [5, 5.41) is 0. The third-order valence-electron chi connectivity index (χ3n) is 4.05. The molecule has 0 saturated heterocycles. The highest BCUT2D eigenvalue weighted by Crippen LogP contribution is 2.20. The molecule has 0 saturated carbocycles. The zero-order chi connectivity index (χ0) is 18.4. The Labute approximate surface area is 148 Å². The minimum absolute atomic E-state index is 0.253. The molecule has 0 rings (SSSR count). The molecule has 4 nitrogen and oxygen atoms in total. The summed E-state index contributed by atoms with van der Waals surface area (Å²) in [6, 6.07) is 0. The Morgan fingerprint density at radius 3 is 1.75 bits per heavy atom. The highest BCUT2D eigenvalue weighted by Gasteiger charge is 2.39. The molecule has 142 valence electrons. The summed E-state index contributed by atoms with van der Waals surface area (Å²) in [7, 11) is 0. The van der Waals surface area contributed by atoms with Crippen molar-refractivity contribution in [3.8, 4) is 0 Å². The van der Waals surface area contributed by atoms with Gasteiger partial charge in [0.05, 0.1) is 13.2 Å². The molecule has 0 aliphatic rings. The first-order valence-electron chi connectivity index (χ1n) is 9.66. The molecule has 4 heteroatoms. The number of esters is 2. The van der Waals surface area contributed by atoms with Gasteiger partial charge in [0.25, 0.3) is 0 Å². The third kappa shape index (κ3) is 10.7. The van der Waals surface area contributed by atoms with E-state index in [1.165, 1.54) is 44.9 Å². The van der Waals surface area contributed by atoms with E-state index in [1.807, 2.05) is 13.8 Å². The van der Waals surface area contributed by atoms with E-state index in [1.54, 1.807) is 13.8 Å². The van der Waals surface area contributed by atoms with Gasteiger partial charge in [0, 0.05) is 0 Å². The van der Waals surface area contributed by atoms with Crippen LogP contribution in [0, 0.1) is 11.3 Å². The van der Waals surface area contributed by atoms with Crippen LogP contribution >= 0.6 is 0 Å². The van der Waals surface area contributed by atoms with E-state index in [0.717, 1.165) is 12.8 Å². The molecule has 0 amide bonds. The van der Waals surface area contributed by atoms with Gasteiger partial charge in [-0.15, -0.1) is 0 Å². The van der Waals surface area contributed by atoms with Crippen molar-refractivity contribution in [3.05, 3.63) is 0 Å². The first-order chi connectivity index (χ1) is 11.3. The fourth-order valence-electron chi connectivity index (χ4n) is 2.26. The quantitative estimate of drug-likeness (QED) is 0.245. The van der Waals surface area contributed by atoms with Gasteiger partial charge in [0.2, 0.25) is 0 Å². The van der Waals surface area contributed by atoms with Crippen molar-refractivity contribution in [3.63, 3.8) is 0 Å². The normalized spacial score (nSPS) is 11.6. The van der Waals surface area contributed by atoms with Gasteiger partial charge in [-0.1, -0.05) is 72.1 Å². The standard InChI is InChI=1S/C20H38O4/c1-6-7-8-9-10-11-12-13-14-15-23-18(21)20(4,5)19(22)24-16-17(2)3/h17H,6-16H2,1-5H3. The van der Waals surface area contributed by atoms with Crippen LogP contribution in [0.15, 0.2) is 0 Å². The Bertz CT molecular complexity index is 348. The second-order valence-electron chi connectivity index (χ2n) is 7.58. The van der Waals surface area contributed by atoms with Crippen LogP contribution in [-0.4, -0.2) is 25.2 Å². The number of ether oxygens (including phenoxy) is 2. The highest BCUT2D eigenvalue weighted by molar-refractivity contribution is 5.99. The summed E-state index contributed by atoms with van der Waals surface area (Å²) in [4.78, 5) is 24.0. The topological polar surface area (TPSA) is 52.6 Å². The molecule has 0 spiro atoms. The van der Waals surface area contributed by atoms with Gasteiger partial charge in [0.15, 0.2) is 5.41 Å². The molecule has 0 aromatic heterocycles. The van der Waals surface area contributed by atoms with Crippen molar-refractivity contribution in [1.29, 1.82) is 0 Å². The summed E-state index contributed by atoms with van der Waals surface area (Å²) < 4.78 is 10.4. The lowest BCUT2D eigenvalue weighted by Gasteiger charge is -2.21. The Morgan fingerprint density at radius 2 is 1.25 bits per heavy atom. The van der Waals surface area contributed by atoms with E-state index in [-0.39, 0.29) is 5.92 Å². The molecular formula is C20H38O4. The van der Waals surface area contributed by atoms with Gasteiger partial charge < -0.3 is 9.47 Å². The summed E-state index contributed by atoms with van der Waals surface area (Å²) in [6.45, 7) is 9.99. The molecule has 0 N–H and O–H groups in total. The molecule has 0 heterocycles. The number of hydrogen-bond acceptors (Lipinski definition) is 4. The zero-order valence-corrected chi connectivity index (χ0v) is 16.5. The van der Waals surface area contributed by atoms with Crippen LogP contribution in [0.2, 0.25) is 0 Å². The van der Waals surface area contributed by atoms with Gasteiger partial charge >= 0.3 is 11.9 Å². The maximum atomic E-state index is 12.1. The lowest BCUT2D eigenvalue weighted by atomic mass is 9.94. The molecule has 0 aliphatic carbocycles. The summed E-state index contributed by atoms with van der Waals surface area (Å²) in [6.07, 6.45) is 11.0. The van der Waals surface area contributed by atoms with Crippen LogP contribution in [0.1, 0.15) is 92.4 Å². The molecule has 0 atom stereocenters. The van der Waals surface area contributed by atoms with E-state index < -0.39 is 17.4 Å². The predicted molar refractivity (Wildman–Crippen MR) is 97.8 cm³/mol. The molecule has 0 aliphatic heterocycles. The molecule has 0 fully saturated rings. The van der Waals surface area contributed by atoms with E-state index in [0.29, 0.717) is 13.2 Å². The number of rotatable bonds is 14. The fourth-order valence-corrected chi connectivity index (χ4v) is 2.26. The Morgan fingerprint density at radius 1 is 0.792 bits per heavy atom. The van der Waals surface area contributed by atoms with Gasteiger partial charge in [-0.25, -0.2) is 0 Å². The smallest absolute Gasteiger partial charge is 0.322 e. The number of carbonyl (C=O) groups is 2. The van der Waals surface area contributed by atoms with Gasteiger partial charge in [-0.2, -0.15) is 0 Å². The second-order valence-corrected chi connectivity index (χ2v) is 7.58. The van der Waals surface area contributed by atoms with E-state index in [2.05, 4.69) is 6.92 Å². The second kappa shape index (κ2) is 13.3. The first kappa shape index (κ1) is 22.9. The van der Waals surface area contributed by atoms with Crippen LogP contribution in [0.5, 0.6) is 0 Å². The zero-order valence-electron chi connectivity index (χ0n) is 16.5. The average molecular weight is 343 g/mol. The lowest BCUT2D eigenvalue weighted by Crippen LogP contribution is -2.37. The van der Waals surface area contributed by atoms with Crippen molar-refractivity contribution in [1.82, 2.24) is 0 Å². The molecule has 0 radical (unpaired) electrons. The SMILES string of the molecule is CCCCCCCCCCCOC(=O)C(C)(C)C(=O)OCC(C)C. The summed E-state index contributed by atoms with van der Waals surface area (Å²) in [5.74, 6) is -0.744. The Kier molecular flexibility index (Phi) is 12.7. The largest absolute Gasteiger partial charge is 0.465 e. The average Bonchev–Trinajstić information content (AvgIpc) is 2.53. The van der Waals surface area contributed by atoms with Crippen LogP contribution in [0.25, 0.3) is 0 Å². The molecule has 24 heavy (non-hydrogen) atoms. The lowest BCUT2D eigenvalue weighted by molar-refractivity contribution is -0.170. The number of unbranched alkanes of at least 4 members (excludes halogenated alkanes) is 8. The van der Waals surface area contributed by atoms with Gasteiger partial charge in [-0.05, 0) is 26.2 Å². The first-order valence-corrected chi connectivity index (χ1v) is 9.66. The van der Waals surface area contributed by atoms with Gasteiger partial charge in [0.1, 0.15) is 0 Å². The summed E-state index contributed by atoms with van der Waals surface area (Å²) in [5.41, 5.74) is -1.23. The molecular weight excluding hydrogens is 304 g/mol. The molecule has 0 unspecified atom stereocenters. The highest BCUT2D eigenvalue weighted by atomic mass is 16.6. The number of hydrogen-bond donors (Lipinski definition) is 0. The maximum Gasteiger partial charge on any atom is 0.322 e. The van der Waals surface area contributed by atoms with Crippen LogP contribution in [0.3, 0.4) is 0 Å². The minimum atomic E-state index is -1.23. The van der Waals surface area contributed by atoms with Crippen molar-refractivity contribution in [2.45, 2.75) is 92.4 Å². The van der Waals surface area contributed by atoms with Crippen molar-refractivity contribution >= 4 is 11.9 Å². The Balaban J connectivity index is 3.75. The van der Waals surface area contributed by atoms with Crippen LogP contribution < -0.4 is 0 Å². The fraction of sp³-hybridized carbons (Fsp3) is 0.900. The molecule has 0 bridgehead atoms. The van der Waals surface area contributed by atoms with E-state index in [9.17, 15) is 9.59 Å². The van der Waals surface area contributed by atoms with E-state index >= 15 is 0 Å². The molecule has 0 aromatic carbocycles. The third-order valence-corrected chi connectivity index (χ3v) is 4.05. The monoisotopic (exact) mass is 342 g/mol. The van der Waals surface area contributed by atoms with Crippen LogP contribution in [0.4, 0.5) is 0 Å². The number of carbonyl (C=O) groups excluding carboxylic acids is 2. The predicted octanol–water partition coefficient (Wildman–Crippen LogP) is 5.29. The van der Waals surface area contributed by atoms with E-state index in [4.69, 9.17) is 9.47 Å². The van der Waals surface area contributed by atoms with Crippen molar-refractivity contribution in [2.75, 3.05) is 13.2 Å². The minimum Gasteiger partial charge on any atom is -0.465 e. The van der Waals surface area contributed by atoms with Crippen molar-refractivity contribution in [2.24, 2.45) is 11.3 Å². The van der Waals surface area contributed by atoms with Crippen LogP contribution in [-0.2, 0) is 19.1 Å². The van der Waals surface area contributed by atoms with Crippen molar-refractivity contribution < 1.29 is 19.1 Å². The van der Waals surface area contributed by atoms with Gasteiger partial charge in [-0.3, -0.25) is 9.59 Å². The molecule has 0 aromatic rings. The summed E-state index contributed by atoms with van der Waals surface area (Å²) >= 11 is 0. The Hall–Kier alpha value is -1.06.